The van der Waals surface area contributed by atoms with Gasteiger partial charge in [0.15, 0.2) is 0 Å². The lowest BCUT2D eigenvalue weighted by Crippen LogP contribution is -2.41. The number of carbonyl (C=O) groups is 4. The molecule has 0 unspecified atom stereocenters. The minimum absolute atomic E-state index is 0.0163. The number of benzene rings is 3. The fraction of sp³-hybridized carbons (Fsp3) is 0.450. The van der Waals surface area contributed by atoms with Gasteiger partial charge in [-0.25, -0.2) is 19.2 Å². The van der Waals surface area contributed by atoms with Gasteiger partial charge in [0.2, 0.25) is 0 Å². The molecule has 0 aromatic heterocycles. The third kappa shape index (κ3) is 9.55. The van der Waals surface area contributed by atoms with Crippen LogP contribution < -0.4 is 21.6 Å². The maximum Gasteiger partial charge on any atom is 0.494 e. The quantitative estimate of drug-likeness (QED) is 0.123. The van der Waals surface area contributed by atoms with E-state index in [1.807, 2.05) is 79.7 Å². The highest BCUT2D eigenvalue weighted by molar-refractivity contribution is 6.62. The average Bonchev–Trinajstić information content (AvgIpc) is 3.49. The SMILES string of the molecule is CCOC(=O)c1cc(NC(=O)OCc2ccc(B3OC(C)(C)C(C)(C)O3)cc2)c(C(=O)OCC)cc1NC(=O)OCc1ccc(B2OC(C)(C)C(C)(C)O2)cc1. The molecule has 0 atom stereocenters. The lowest BCUT2D eigenvalue weighted by atomic mass is 9.79. The minimum atomic E-state index is -0.912. The van der Waals surface area contributed by atoms with E-state index in [-0.39, 0.29) is 48.9 Å². The molecule has 56 heavy (non-hydrogen) atoms. The van der Waals surface area contributed by atoms with Crippen molar-refractivity contribution in [3.63, 3.8) is 0 Å². The van der Waals surface area contributed by atoms with Crippen molar-refractivity contribution in [2.45, 2.75) is 105 Å². The highest BCUT2D eigenvalue weighted by atomic mass is 16.7. The van der Waals surface area contributed by atoms with Gasteiger partial charge >= 0.3 is 38.4 Å². The van der Waals surface area contributed by atoms with Crippen molar-refractivity contribution in [2.75, 3.05) is 23.8 Å². The molecule has 2 N–H and O–H groups in total. The second-order valence-electron chi connectivity index (χ2n) is 15.4. The highest BCUT2D eigenvalue weighted by Gasteiger charge is 2.52. The number of anilines is 2. The summed E-state index contributed by atoms with van der Waals surface area (Å²) in [5.41, 5.74) is 0.505. The number of rotatable bonds is 12. The Morgan fingerprint density at radius 1 is 0.518 bits per heavy atom. The van der Waals surface area contributed by atoms with E-state index >= 15 is 0 Å². The van der Waals surface area contributed by atoms with Gasteiger partial charge in [-0.3, -0.25) is 10.6 Å². The summed E-state index contributed by atoms with van der Waals surface area (Å²) < 4.78 is 45.7. The van der Waals surface area contributed by atoms with Crippen LogP contribution in [0.2, 0.25) is 0 Å². The zero-order valence-electron chi connectivity index (χ0n) is 33.7. The van der Waals surface area contributed by atoms with E-state index in [1.165, 1.54) is 12.1 Å². The summed E-state index contributed by atoms with van der Waals surface area (Å²) in [4.78, 5) is 52.2. The van der Waals surface area contributed by atoms with Crippen molar-refractivity contribution in [3.8, 4) is 0 Å². The Hall–Kier alpha value is -4.89. The molecule has 2 aliphatic heterocycles. The van der Waals surface area contributed by atoms with Crippen LogP contribution in [0.4, 0.5) is 21.0 Å². The van der Waals surface area contributed by atoms with E-state index in [2.05, 4.69) is 10.6 Å². The molecular formula is C40H50B2N2O12. The predicted octanol–water partition coefficient (Wildman–Crippen LogP) is 6.14. The van der Waals surface area contributed by atoms with Crippen molar-refractivity contribution in [1.82, 2.24) is 0 Å². The molecule has 0 radical (unpaired) electrons. The van der Waals surface area contributed by atoms with Crippen LogP contribution >= 0.6 is 0 Å². The maximum absolute atomic E-state index is 13.1. The molecule has 0 bridgehead atoms. The fourth-order valence-electron chi connectivity index (χ4n) is 5.65. The minimum Gasteiger partial charge on any atom is -0.462 e. The molecule has 2 fully saturated rings. The highest BCUT2D eigenvalue weighted by Crippen LogP contribution is 2.37. The van der Waals surface area contributed by atoms with Crippen molar-refractivity contribution < 1.29 is 56.7 Å². The van der Waals surface area contributed by atoms with Gasteiger partial charge in [-0.05, 0) is 103 Å². The first-order valence-corrected chi connectivity index (χ1v) is 18.5. The van der Waals surface area contributed by atoms with Gasteiger partial charge in [-0.15, -0.1) is 0 Å². The van der Waals surface area contributed by atoms with Crippen molar-refractivity contribution in [1.29, 1.82) is 0 Å². The number of hydrogen-bond acceptors (Lipinski definition) is 12. The van der Waals surface area contributed by atoms with E-state index in [9.17, 15) is 19.2 Å². The summed E-state index contributed by atoms with van der Waals surface area (Å²) in [5, 5.41) is 5.04. The topological polar surface area (TPSA) is 166 Å². The summed E-state index contributed by atoms with van der Waals surface area (Å²) >= 11 is 0. The molecule has 3 aromatic carbocycles. The molecule has 2 heterocycles. The monoisotopic (exact) mass is 772 g/mol. The summed E-state index contributed by atoms with van der Waals surface area (Å²) in [7, 11) is -1.09. The third-order valence-electron chi connectivity index (χ3n) is 10.4. The average molecular weight is 772 g/mol. The number of carbonyl (C=O) groups excluding carboxylic acids is 4. The molecule has 298 valence electrons. The van der Waals surface area contributed by atoms with Crippen LogP contribution in [0, 0.1) is 0 Å². The number of esters is 2. The van der Waals surface area contributed by atoms with Gasteiger partial charge in [0.05, 0.1) is 58.1 Å². The molecule has 14 nitrogen and oxygen atoms in total. The Morgan fingerprint density at radius 2 is 0.821 bits per heavy atom. The Kier molecular flexibility index (Phi) is 12.6. The van der Waals surface area contributed by atoms with Gasteiger partial charge in [-0.2, -0.15) is 0 Å². The predicted molar refractivity (Wildman–Crippen MR) is 210 cm³/mol. The smallest absolute Gasteiger partial charge is 0.462 e. The van der Waals surface area contributed by atoms with Crippen LogP contribution in [0.1, 0.15) is 101 Å². The van der Waals surface area contributed by atoms with Crippen molar-refractivity contribution >= 4 is 60.7 Å². The summed E-state index contributed by atoms with van der Waals surface area (Å²) in [6, 6.07) is 16.9. The molecule has 0 spiro atoms. The molecule has 3 aromatic rings. The molecule has 0 aliphatic carbocycles. The molecule has 2 saturated heterocycles. The Morgan fingerprint density at radius 3 is 1.11 bits per heavy atom. The van der Waals surface area contributed by atoms with Gasteiger partial charge < -0.3 is 37.6 Å². The molecule has 0 saturated carbocycles. The second-order valence-corrected chi connectivity index (χ2v) is 15.4. The van der Waals surface area contributed by atoms with E-state index < -0.39 is 60.8 Å². The van der Waals surface area contributed by atoms with E-state index in [1.54, 1.807) is 38.1 Å². The number of amides is 2. The zero-order valence-corrected chi connectivity index (χ0v) is 33.7. The normalized spacial score (nSPS) is 17.5. The Balaban J connectivity index is 1.26. The molecule has 2 amide bonds. The third-order valence-corrected chi connectivity index (χ3v) is 10.4. The summed E-state index contributed by atoms with van der Waals surface area (Å²) in [6.07, 6.45) is -1.82. The van der Waals surface area contributed by atoms with Crippen molar-refractivity contribution in [3.05, 3.63) is 82.9 Å². The molecule has 2 aliphatic rings. The first-order chi connectivity index (χ1) is 26.3. The van der Waals surface area contributed by atoms with E-state index in [0.29, 0.717) is 11.1 Å². The molecule has 5 rings (SSSR count). The van der Waals surface area contributed by atoms with Gasteiger partial charge in [0.25, 0.3) is 0 Å². The molecule has 16 heteroatoms. The fourth-order valence-corrected chi connectivity index (χ4v) is 5.65. The van der Waals surface area contributed by atoms with Crippen LogP contribution in [-0.2, 0) is 50.8 Å². The van der Waals surface area contributed by atoms with Gasteiger partial charge in [-0.1, -0.05) is 48.5 Å². The second kappa shape index (κ2) is 16.7. The lowest BCUT2D eigenvalue weighted by molar-refractivity contribution is 0.00578. The van der Waals surface area contributed by atoms with Crippen LogP contribution in [-0.4, -0.2) is 74.0 Å². The van der Waals surface area contributed by atoms with Crippen LogP contribution in [0.5, 0.6) is 0 Å². The molecular weight excluding hydrogens is 722 g/mol. The first-order valence-electron chi connectivity index (χ1n) is 18.5. The van der Waals surface area contributed by atoms with E-state index in [4.69, 9.17) is 37.6 Å². The lowest BCUT2D eigenvalue weighted by Gasteiger charge is -2.32. The van der Waals surface area contributed by atoms with Crippen LogP contribution in [0.3, 0.4) is 0 Å². The Labute approximate surface area is 328 Å². The number of ether oxygens (including phenoxy) is 4. The van der Waals surface area contributed by atoms with Crippen LogP contribution in [0.25, 0.3) is 0 Å². The summed E-state index contributed by atoms with van der Waals surface area (Å²) in [5.74, 6) is -1.65. The standard InChI is InChI=1S/C40H50B2N2O12/c1-11-49-33(45)29-21-32(44-36(48)52-24-26-15-19-28(20-16-26)42-55-39(7,8)40(9,10)56-42)30(34(46)50-12-2)22-31(29)43-35(47)51-23-25-13-17-27(18-14-25)41-53-37(3,4)38(5,6)54-41/h13-22H,11-12,23-24H2,1-10H3,(H,43,47)(H,44,48). The van der Waals surface area contributed by atoms with Gasteiger partial charge in [0.1, 0.15) is 13.2 Å². The van der Waals surface area contributed by atoms with Crippen LogP contribution in [0.15, 0.2) is 60.7 Å². The summed E-state index contributed by atoms with van der Waals surface area (Å²) in [6.45, 7) is 18.8. The number of hydrogen-bond donors (Lipinski definition) is 2. The Bertz CT molecular complexity index is 1760. The van der Waals surface area contributed by atoms with E-state index in [0.717, 1.165) is 10.9 Å². The first kappa shape index (κ1) is 42.3. The maximum atomic E-state index is 13.1. The van der Waals surface area contributed by atoms with Crippen molar-refractivity contribution in [2.24, 2.45) is 0 Å². The largest absolute Gasteiger partial charge is 0.494 e. The zero-order chi connectivity index (χ0) is 41.1. The van der Waals surface area contributed by atoms with Gasteiger partial charge in [0, 0.05) is 0 Å². The number of nitrogens with one attached hydrogen (secondary N) is 2.